The molecule has 3 aromatic carbocycles. The predicted molar refractivity (Wildman–Crippen MR) is 111 cm³/mol. The van der Waals surface area contributed by atoms with E-state index in [1.54, 1.807) is 30.3 Å². The quantitative estimate of drug-likeness (QED) is 0.353. The summed E-state index contributed by atoms with van der Waals surface area (Å²) in [6, 6.07) is 11.9. The molecule has 0 heterocycles. The van der Waals surface area contributed by atoms with Crippen molar-refractivity contribution < 1.29 is 18.0 Å². The van der Waals surface area contributed by atoms with Gasteiger partial charge in [-0.25, -0.2) is 13.2 Å². The summed E-state index contributed by atoms with van der Waals surface area (Å²) in [5.41, 5.74) is 11.2. The molecule has 0 radical (unpaired) electrons. The summed E-state index contributed by atoms with van der Waals surface area (Å²) in [5.74, 6) is -4.09. The van der Waals surface area contributed by atoms with E-state index < -0.39 is 29.0 Å². The fourth-order valence-corrected chi connectivity index (χ4v) is 3.16. The van der Waals surface area contributed by atoms with Crippen LogP contribution in [0, 0.1) is 21.0 Å². The molecule has 0 spiro atoms. The van der Waals surface area contributed by atoms with Gasteiger partial charge in [-0.3, -0.25) is 4.79 Å². The minimum Gasteiger partial charge on any atom is -0.399 e. The molecule has 28 heavy (non-hydrogen) atoms. The van der Waals surface area contributed by atoms with Gasteiger partial charge in [-0.1, -0.05) is 12.1 Å². The van der Waals surface area contributed by atoms with E-state index in [0.717, 1.165) is 0 Å². The predicted octanol–water partition coefficient (Wildman–Crippen LogP) is 4.72. The Morgan fingerprint density at radius 3 is 2.29 bits per heavy atom. The zero-order valence-electron chi connectivity index (χ0n) is 14.4. The van der Waals surface area contributed by atoms with Crippen LogP contribution in [0.3, 0.4) is 0 Å². The highest BCUT2D eigenvalue weighted by molar-refractivity contribution is 14.1. The summed E-state index contributed by atoms with van der Waals surface area (Å²) in [6.07, 6.45) is 0.0293. The number of halogens is 4. The topological polar surface area (TPSA) is 81.1 Å². The maximum absolute atomic E-state index is 14.8. The van der Waals surface area contributed by atoms with Gasteiger partial charge in [0.15, 0.2) is 11.6 Å². The van der Waals surface area contributed by atoms with Crippen LogP contribution in [0.15, 0.2) is 48.5 Å². The fraction of sp³-hybridized carbons (Fsp3) is 0.0500. The molecule has 0 aromatic heterocycles. The monoisotopic (exact) mass is 497 g/mol. The highest BCUT2D eigenvalue weighted by Crippen LogP contribution is 2.31. The second-order valence-electron chi connectivity index (χ2n) is 6.12. The number of benzene rings is 3. The van der Waals surface area contributed by atoms with E-state index in [2.05, 4.69) is 5.32 Å². The second-order valence-corrected chi connectivity index (χ2v) is 7.36. The van der Waals surface area contributed by atoms with Gasteiger partial charge in [-0.05, 0) is 70.1 Å². The number of primary amides is 1. The van der Waals surface area contributed by atoms with Crippen LogP contribution >= 0.6 is 22.6 Å². The van der Waals surface area contributed by atoms with E-state index in [-0.39, 0.29) is 23.2 Å². The maximum atomic E-state index is 14.8. The number of carbonyl (C=O) groups excluding carboxylic acids is 1. The van der Waals surface area contributed by atoms with Crippen molar-refractivity contribution in [2.24, 2.45) is 5.73 Å². The van der Waals surface area contributed by atoms with Crippen LogP contribution in [-0.2, 0) is 6.42 Å². The summed E-state index contributed by atoms with van der Waals surface area (Å²) in [4.78, 5) is 11.8. The first kappa shape index (κ1) is 20.0. The van der Waals surface area contributed by atoms with E-state index in [1.165, 1.54) is 18.2 Å². The number of amides is 1. The Balaban J connectivity index is 2.04. The number of rotatable bonds is 5. The third-order valence-electron chi connectivity index (χ3n) is 4.11. The number of anilines is 3. The molecule has 0 atom stereocenters. The smallest absolute Gasteiger partial charge is 0.250 e. The van der Waals surface area contributed by atoms with Gasteiger partial charge in [0.25, 0.3) is 5.91 Å². The lowest BCUT2D eigenvalue weighted by molar-refractivity contribution is 0.100. The largest absolute Gasteiger partial charge is 0.399 e. The van der Waals surface area contributed by atoms with Gasteiger partial charge < -0.3 is 16.8 Å². The molecule has 0 unspecified atom stereocenters. The maximum Gasteiger partial charge on any atom is 0.250 e. The Labute approximate surface area is 172 Å². The van der Waals surface area contributed by atoms with E-state index in [1.807, 2.05) is 22.6 Å². The van der Waals surface area contributed by atoms with Crippen LogP contribution in [-0.4, -0.2) is 5.91 Å². The minimum atomic E-state index is -1.31. The lowest BCUT2D eigenvalue weighted by atomic mass is 9.99. The third kappa shape index (κ3) is 4.22. The van der Waals surface area contributed by atoms with Crippen LogP contribution in [0.1, 0.15) is 21.5 Å². The molecule has 3 rings (SSSR count). The lowest BCUT2D eigenvalue weighted by Crippen LogP contribution is -2.17. The average Bonchev–Trinajstić information content (AvgIpc) is 2.64. The zero-order chi connectivity index (χ0) is 20.4. The molecular weight excluding hydrogens is 482 g/mol. The first-order valence-corrected chi connectivity index (χ1v) is 9.21. The van der Waals surface area contributed by atoms with Gasteiger partial charge in [0, 0.05) is 15.7 Å². The number of nitrogens with two attached hydrogens (primary N) is 2. The van der Waals surface area contributed by atoms with Gasteiger partial charge in [0.2, 0.25) is 0 Å². The van der Waals surface area contributed by atoms with Gasteiger partial charge in [0.05, 0.1) is 16.9 Å². The minimum absolute atomic E-state index is 0.0293. The Morgan fingerprint density at radius 2 is 1.68 bits per heavy atom. The Morgan fingerprint density at radius 1 is 1.00 bits per heavy atom. The van der Waals surface area contributed by atoms with Crippen LogP contribution in [0.5, 0.6) is 0 Å². The summed E-state index contributed by atoms with van der Waals surface area (Å²) in [5, 5.41) is 2.45. The summed E-state index contributed by atoms with van der Waals surface area (Å²) in [6.45, 7) is 0. The molecule has 5 N–H and O–H groups in total. The van der Waals surface area contributed by atoms with Gasteiger partial charge in [-0.15, -0.1) is 0 Å². The van der Waals surface area contributed by atoms with Crippen LogP contribution in [0.25, 0.3) is 0 Å². The molecule has 8 heteroatoms. The van der Waals surface area contributed by atoms with E-state index >= 15 is 0 Å². The zero-order valence-corrected chi connectivity index (χ0v) is 16.6. The summed E-state index contributed by atoms with van der Waals surface area (Å²) in [7, 11) is 0. The van der Waals surface area contributed by atoms with Crippen molar-refractivity contribution >= 4 is 45.6 Å². The lowest BCUT2D eigenvalue weighted by Gasteiger charge is -2.15. The highest BCUT2D eigenvalue weighted by Gasteiger charge is 2.22. The molecule has 144 valence electrons. The normalized spacial score (nSPS) is 10.7. The molecule has 0 saturated carbocycles. The van der Waals surface area contributed by atoms with Gasteiger partial charge in [-0.2, -0.15) is 0 Å². The number of carbonyl (C=O) groups is 1. The van der Waals surface area contributed by atoms with E-state index in [0.29, 0.717) is 14.8 Å². The SMILES string of the molecule is NC(=O)c1cc(Cc2ccc(N)cc2)c(F)c(F)c1Nc1ccc(I)cc1F. The standard InChI is InChI=1S/C20H15F3IN3O/c21-15-9-12(24)3-6-16(15)27-19-14(20(26)28)8-11(17(22)18(19)23)7-10-1-4-13(25)5-2-10/h1-6,8-9,27H,7,25H2,(H2,26,28). The fourth-order valence-electron chi connectivity index (χ4n) is 2.70. The molecule has 0 bridgehead atoms. The molecule has 0 aliphatic heterocycles. The van der Waals surface area contributed by atoms with Crippen LogP contribution in [0.2, 0.25) is 0 Å². The first-order valence-electron chi connectivity index (χ1n) is 8.13. The number of nitrogens with one attached hydrogen (secondary N) is 1. The van der Waals surface area contributed by atoms with Gasteiger partial charge in [0.1, 0.15) is 5.82 Å². The van der Waals surface area contributed by atoms with Crippen molar-refractivity contribution in [3.8, 4) is 0 Å². The van der Waals surface area contributed by atoms with Crippen molar-refractivity contribution in [1.29, 1.82) is 0 Å². The van der Waals surface area contributed by atoms with Crippen LogP contribution in [0.4, 0.5) is 30.2 Å². The molecular formula is C20H15F3IN3O. The third-order valence-corrected chi connectivity index (χ3v) is 4.78. The van der Waals surface area contributed by atoms with Crippen LogP contribution < -0.4 is 16.8 Å². The van der Waals surface area contributed by atoms with E-state index in [9.17, 15) is 18.0 Å². The first-order chi connectivity index (χ1) is 13.3. The van der Waals surface area contributed by atoms with E-state index in [4.69, 9.17) is 11.5 Å². The summed E-state index contributed by atoms with van der Waals surface area (Å²) < 4.78 is 44.1. The number of hydrogen-bond acceptors (Lipinski definition) is 3. The molecule has 0 aliphatic rings. The van der Waals surface area contributed by atoms with Crippen molar-refractivity contribution in [1.82, 2.24) is 0 Å². The number of hydrogen-bond donors (Lipinski definition) is 3. The molecule has 4 nitrogen and oxygen atoms in total. The Kier molecular flexibility index (Phi) is 5.78. The van der Waals surface area contributed by atoms with Crippen molar-refractivity contribution in [3.05, 3.63) is 86.2 Å². The Bertz CT molecular complexity index is 1060. The summed E-state index contributed by atoms with van der Waals surface area (Å²) >= 11 is 1.92. The second kappa shape index (κ2) is 8.09. The molecule has 0 saturated heterocycles. The molecule has 0 aliphatic carbocycles. The van der Waals surface area contributed by atoms with Gasteiger partial charge >= 0.3 is 0 Å². The molecule has 1 amide bonds. The molecule has 3 aromatic rings. The number of nitrogen functional groups attached to an aromatic ring is 1. The van der Waals surface area contributed by atoms with Crippen molar-refractivity contribution in [2.75, 3.05) is 11.1 Å². The Hall–Kier alpha value is -2.75. The average molecular weight is 497 g/mol. The van der Waals surface area contributed by atoms with Crippen molar-refractivity contribution in [2.45, 2.75) is 6.42 Å². The highest BCUT2D eigenvalue weighted by atomic mass is 127. The van der Waals surface area contributed by atoms with Crippen molar-refractivity contribution in [3.63, 3.8) is 0 Å². The molecule has 0 fully saturated rings.